The molecule has 0 aliphatic carbocycles. The number of rotatable bonds is 5. The van der Waals surface area contributed by atoms with E-state index in [-0.39, 0.29) is 5.91 Å². The van der Waals surface area contributed by atoms with Gasteiger partial charge in [0, 0.05) is 34.9 Å². The SMILES string of the molecule is C=CCn1c(-c2ccc(Cl)cc2)cs/c1=N/NC(=O)c1ccncc1. The maximum Gasteiger partial charge on any atom is 0.271 e. The highest BCUT2D eigenvalue weighted by Gasteiger charge is 2.08. The van der Waals surface area contributed by atoms with E-state index >= 15 is 0 Å². The number of pyridine rings is 1. The fourth-order valence-electron chi connectivity index (χ4n) is 2.24. The summed E-state index contributed by atoms with van der Waals surface area (Å²) in [6.45, 7) is 4.37. The summed E-state index contributed by atoms with van der Waals surface area (Å²) >= 11 is 7.40. The molecule has 2 aromatic heterocycles. The van der Waals surface area contributed by atoms with Gasteiger partial charge >= 0.3 is 0 Å². The van der Waals surface area contributed by atoms with Gasteiger partial charge in [-0.15, -0.1) is 23.0 Å². The lowest BCUT2D eigenvalue weighted by Crippen LogP contribution is -2.24. The molecule has 0 saturated carbocycles. The third-order valence-electron chi connectivity index (χ3n) is 3.44. The summed E-state index contributed by atoms with van der Waals surface area (Å²) in [5.74, 6) is -0.283. The molecule has 0 aliphatic rings. The third-order valence-corrected chi connectivity index (χ3v) is 4.56. The zero-order valence-electron chi connectivity index (χ0n) is 13.2. The van der Waals surface area contributed by atoms with E-state index in [0.717, 1.165) is 11.3 Å². The minimum Gasteiger partial charge on any atom is -0.311 e. The summed E-state index contributed by atoms with van der Waals surface area (Å²) in [5, 5.41) is 6.93. The van der Waals surface area contributed by atoms with Crippen LogP contribution in [0.4, 0.5) is 0 Å². The zero-order chi connectivity index (χ0) is 17.6. The van der Waals surface area contributed by atoms with E-state index in [1.165, 1.54) is 11.3 Å². The standard InChI is InChI=1S/C18H15ClN4OS/c1-2-11-23-16(13-3-5-15(19)6-4-13)12-25-18(23)22-21-17(24)14-7-9-20-10-8-14/h2-10,12H,1,11H2,(H,21,24)/b22-18+. The average Bonchev–Trinajstić information content (AvgIpc) is 3.04. The number of nitrogens with zero attached hydrogens (tertiary/aromatic N) is 3. The second-order valence-corrected chi connectivity index (χ2v) is 6.37. The highest BCUT2D eigenvalue weighted by molar-refractivity contribution is 7.07. The molecule has 1 N–H and O–H groups in total. The molecule has 0 unspecified atom stereocenters. The molecule has 0 atom stereocenters. The number of halogens is 1. The Morgan fingerprint density at radius 2 is 2.00 bits per heavy atom. The fourth-order valence-corrected chi connectivity index (χ4v) is 3.25. The number of carbonyl (C=O) groups is 1. The molecule has 0 fully saturated rings. The van der Waals surface area contributed by atoms with Crippen molar-refractivity contribution in [2.45, 2.75) is 6.54 Å². The van der Waals surface area contributed by atoms with Gasteiger partial charge < -0.3 is 4.57 Å². The molecule has 1 aromatic carbocycles. The van der Waals surface area contributed by atoms with Crippen molar-refractivity contribution in [2.75, 3.05) is 0 Å². The smallest absolute Gasteiger partial charge is 0.271 e. The van der Waals surface area contributed by atoms with Crippen LogP contribution in [0, 0.1) is 0 Å². The van der Waals surface area contributed by atoms with E-state index in [1.807, 2.05) is 34.2 Å². The molecular formula is C18H15ClN4OS. The molecule has 0 spiro atoms. The Hall–Kier alpha value is -2.70. The quantitative estimate of drug-likeness (QED) is 0.550. The van der Waals surface area contributed by atoms with Gasteiger partial charge in [-0.1, -0.05) is 29.8 Å². The van der Waals surface area contributed by atoms with Crippen LogP contribution in [-0.4, -0.2) is 15.5 Å². The molecule has 25 heavy (non-hydrogen) atoms. The van der Waals surface area contributed by atoms with Gasteiger partial charge in [0.15, 0.2) is 0 Å². The molecule has 5 nitrogen and oxygen atoms in total. The van der Waals surface area contributed by atoms with Gasteiger partial charge in [-0.2, -0.15) is 0 Å². The monoisotopic (exact) mass is 370 g/mol. The summed E-state index contributed by atoms with van der Waals surface area (Å²) in [7, 11) is 0. The number of allylic oxidation sites excluding steroid dienone is 1. The third kappa shape index (κ3) is 4.04. The summed E-state index contributed by atoms with van der Waals surface area (Å²) < 4.78 is 1.98. The van der Waals surface area contributed by atoms with Crippen LogP contribution in [0.1, 0.15) is 10.4 Å². The van der Waals surface area contributed by atoms with E-state index in [1.54, 1.807) is 30.6 Å². The zero-order valence-corrected chi connectivity index (χ0v) is 14.8. The summed E-state index contributed by atoms with van der Waals surface area (Å²) in [6, 6.07) is 10.8. The van der Waals surface area contributed by atoms with Crippen LogP contribution in [0.3, 0.4) is 0 Å². The van der Waals surface area contributed by atoms with Crippen LogP contribution in [0.5, 0.6) is 0 Å². The lowest BCUT2D eigenvalue weighted by Gasteiger charge is -2.06. The number of hydrogen-bond acceptors (Lipinski definition) is 4. The van der Waals surface area contributed by atoms with Crippen LogP contribution in [-0.2, 0) is 6.54 Å². The van der Waals surface area contributed by atoms with Crippen LogP contribution in [0.2, 0.25) is 5.02 Å². The molecule has 1 amide bonds. The van der Waals surface area contributed by atoms with Gasteiger partial charge in [-0.3, -0.25) is 9.78 Å². The highest BCUT2D eigenvalue weighted by Crippen LogP contribution is 2.22. The van der Waals surface area contributed by atoms with E-state index in [2.05, 4.69) is 22.1 Å². The average molecular weight is 371 g/mol. The minimum absolute atomic E-state index is 0.283. The molecule has 0 aliphatic heterocycles. The lowest BCUT2D eigenvalue weighted by molar-refractivity contribution is 0.0953. The van der Waals surface area contributed by atoms with Crippen LogP contribution in [0.25, 0.3) is 11.3 Å². The molecule has 126 valence electrons. The molecular weight excluding hydrogens is 356 g/mol. The molecule has 3 rings (SSSR count). The Labute approximate surface area is 153 Å². The molecule has 2 heterocycles. The second-order valence-electron chi connectivity index (χ2n) is 5.10. The van der Waals surface area contributed by atoms with Crippen molar-refractivity contribution in [2.24, 2.45) is 5.10 Å². The van der Waals surface area contributed by atoms with Gasteiger partial charge in [-0.25, -0.2) is 5.43 Å². The van der Waals surface area contributed by atoms with Crippen molar-refractivity contribution in [3.8, 4) is 11.3 Å². The maximum atomic E-state index is 12.1. The maximum absolute atomic E-state index is 12.1. The Morgan fingerprint density at radius 1 is 1.28 bits per heavy atom. The molecule has 7 heteroatoms. The first-order chi connectivity index (χ1) is 12.2. The normalized spacial score (nSPS) is 11.3. The Balaban J connectivity index is 1.92. The summed E-state index contributed by atoms with van der Waals surface area (Å²) in [6.07, 6.45) is 4.92. The number of aromatic nitrogens is 2. The van der Waals surface area contributed by atoms with E-state index < -0.39 is 0 Å². The number of carbonyl (C=O) groups excluding carboxylic acids is 1. The van der Waals surface area contributed by atoms with Gasteiger partial charge in [0.2, 0.25) is 4.80 Å². The Kier molecular flexibility index (Phi) is 5.42. The van der Waals surface area contributed by atoms with E-state index in [0.29, 0.717) is 21.9 Å². The first-order valence-corrected chi connectivity index (χ1v) is 8.74. The largest absolute Gasteiger partial charge is 0.311 e. The fraction of sp³-hybridized carbons (Fsp3) is 0.0556. The molecule has 0 radical (unpaired) electrons. The van der Waals surface area contributed by atoms with Crippen molar-refractivity contribution in [3.05, 3.63) is 82.2 Å². The van der Waals surface area contributed by atoms with Crippen LogP contribution >= 0.6 is 22.9 Å². The van der Waals surface area contributed by atoms with E-state index in [9.17, 15) is 4.79 Å². The van der Waals surface area contributed by atoms with Crippen molar-refractivity contribution in [1.82, 2.24) is 15.0 Å². The first kappa shape index (κ1) is 17.1. The number of amides is 1. The molecule has 3 aromatic rings. The topological polar surface area (TPSA) is 59.3 Å². The van der Waals surface area contributed by atoms with Crippen LogP contribution < -0.4 is 10.2 Å². The van der Waals surface area contributed by atoms with Gasteiger partial charge in [0.05, 0.1) is 5.69 Å². The Bertz CT molecular complexity index is 945. The van der Waals surface area contributed by atoms with Gasteiger partial charge in [0.1, 0.15) is 0 Å². The predicted octanol–water partition coefficient (Wildman–Crippen LogP) is 3.70. The first-order valence-electron chi connectivity index (χ1n) is 7.48. The van der Waals surface area contributed by atoms with Gasteiger partial charge in [0.25, 0.3) is 5.91 Å². The summed E-state index contributed by atoms with van der Waals surface area (Å²) in [4.78, 5) is 16.7. The van der Waals surface area contributed by atoms with Gasteiger partial charge in [-0.05, 0) is 29.8 Å². The van der Waals surface area contributed by atoms with Crippen molar-refractivity contribution in [3.63, 3.8) is 0 Å². The second kappa shape index (κ2) is 7.92. The number of benzene rings is 1. The van der Waals surface area contributed by atoms with Crippen LogP contribution in [0.15, 0.2) is 71.9 Å². The number of thiazole rings is 1. The predicted molar refractivity (Wildman–Crippen MR) is 100 cm³/mol. The number of hydrogen-bond donors (Lipinski definition) is 1. The highest BCUT2D eigenvalue weighted by atomic mass is 35.5. The lowest BCUT2D eigenvalue weighted by atomic mass is 10.2. The number of nitrogens with one attached hydrogen (secondary N) is 1. The van der Waals surface area contributed by atoms with Crippen molar-refractivity contribution < 1.29 is 4.79 Å². The molecule has 0 saturated heterocycles. The van der Waals surface area contributed by atoms with E-state index in [4.69, 9.17) is 11.6 Å². The summed E-state index contributed by atoms with van der Waals surface area (Å²) in [5.41, 5.74) is 5.09. The van der Waals surface area contributed by atoms with Crippen molar-refractivity contribution in [1.29, 1.82) is 0 Å². The Morgan fingerprint density at radius 3 is 2.68 bits per heavy atom. The minimum atomic E-state index is -0.283. The molecule has 0 bridgehead atoms. The van der Waals surface area contributed by atoms with Crippen molar-refractivity contribution >= 4 is 28.8 Å².